The van der Waals surface area contributed by atoms with Gasteiger partial charge in [0.05, 0.1) is 5.69 Å². The number of anilines is 1. The Morgan fingerprint density at radius 2 is 1.70 bits per heavy atom. The van der Waals surface area contributed by atoms with Gasteiger partial charge in [0.15, 0.2) is 5.13 Å². The predicted octanol–water partition coefficient (Wildman–Crippen LogP) is 5.21. The Kier molecular flexibility index (Phi) is 6.37. The maximum absolute atomic E-state index is 12.5. The minimum Gasteiger partial charge on any atom is -0.299 e. The molecular weight excluding hydrogens is 354 g/mol. The summed E-state index contributed by atoms with van der Waals surface area (Å²) in [6, 6.07) is 17.6. The molecule has 27 heavy (non-hydrogen) atoms. The van der Waals surface area contributed by atoms with Gasteiger partial charge in [-0.25, -0.2) is 4.98 Å². The molecule has 140 valence electrons. The molecule has 0 radical (unpaired) electrons. The topological polar surface area (TPSA) is 45.2 Å². The molecule has 1 N–H and O–H groups in total. The highest BCUT2D eigenvalue weighted by Crippen LogP contribution is 2.32. The fraction of sp³-hybridized carbons (Fsp3) is 0.273. The van der Waals surface area contributed by atoms with Crippen molar-refractivity contribution in [3.63, 3.8) is 0 Å². The van der Waals surface area contributed by atoms with E-state index in [1.54, 1.807) is 23.5 Å². The Morgan fingerprint density at radius 1 is 1.04 bits per heavy atom. The maximum atomic E-state index is 12.5. The molecule has 0 atom stereocenters. The van der Waals surface area contributed by atoms with Crippen LogP contribution in [0.15, 0.2) is 54.6 Å². The van der Waals surface area contributed by atoms with Crippen molar-refractivity contribution in [3.8, 4) is 11.3 Å². The largest absolute Gasteiger partial charge is 0.299 e. The Bertz CT molecular complexity index is 884. The van der Waals surface area contributed by atoms with E-state index < -0.39 is 0 Å². The molecule has 0 spiro atoms. The number of aryl methyl sites for hydroxylation is 1. The number of aromatic nitrogens is 1. The van der Waals surface area contributed by atoms with E-state index in [4.69, 9.17) is 4.98 Å². The van der Waals surface area contributed by atoms with Crippen LogP contribution in [0.4, 0.5) is 5.13 Å². The van der Waals surface area contributed by atoms with Crippen LogP contribution in [0.3, 0.4) is 0 Å². The van der Waals surface area contributed by atoms with Crippen LogP contribution < -0.4 is 5.32 Å². The van der Waals surface area contributed by atoms with E-state index in [1.165, 1.54) is 10.4 Å². The third-order valence-electron chi connectivity index (χ3n) is 4.54. The van der Waals surface area contributed by atoms with E-state index in [-0.39, 0.29) is 5.91 Å². The summed E-state index contributed by atoms with van der Waals surface area (Å²) in [7, 11) is 0. The van der Waals surface area contributed by atoms with Gasteiger partial charge in [-0.05, 0) is 32.1 Å². The quantitative estimate of drug-likeness (QED) is 0.613. The molecule has 1 heterocycles. The first-order chi connectivity index (χ1) is 13.1. The summed E-state index contributed by atoms with van der Waals surface area (Å²) < 4.78 is 0. The number of hydrogen-bond donors (Lipinski definition) is 1. The summed E-state index contributed by atoms with van der Waals surface area (Å²) in [5.41, 5.74) is 3.89. The van der Waals surface area contributed by atoms with Crippen LogP contribution in [-0.2, 0) is 6.54 Å². The second-order valence-corrected chi connectivity index (χ2v) is 7.52. The number of thiazole rings is 1. The van der Waals surface area contributed by atoms with Crippen LogP contribution in [0.25, 0.3) is 11.3 Å². The highest BCUT2D eigenvalue weighted by molar-refractivity contribution is 7.16. The van der Waals surface area contributed by atoms with Crippen LogP contribution in [-0.4, -0.2) is 28.9 Å². The third-order valence-corrected chi connectivity index (χ3v) is 5.50. The molecule has 3 aromatic rings. The van der Waals surface area contributed by atoms with Gasteiger partial charge >= 0.3 is 0 Å². The Balaban J connectivity index is 1.91. The predicted molar refractivity (Wildman–Crippen MR) is 113 cm³/mol. The van der Waals surface area contributed by atoms with E-state index in [1.807, 2.05) is 18.2 Å². The molecule has 0 aliphatic heterocycles. The van der Waals surface area contributed by atoms with E-state index in [9.17, 15) is 4.79 Å². The van der Waals surface area contributed by atoms with Crippen molar-refractivity contribution in [1.29, 1.82) is 0 Å². The van der Waals surface area contributed by atoms with Gasteiger partial charge in [0.25, 0.3) is 5.91 Å². The molecule has 1 amide bonds. The first kappa shape index (κ1) is 19.3. The van der Waals surface area contributed by atoms with Crippen molar-refractivity contribution in [1.82, 2.24) is 9.88 Å². The molecule has 5 heteroatoms. The number of carbonyl (C=O) groups excluding carboxylic acids is 1. The zero-order chi connectivity index (χ0) is 19.2. The number of amides is 1. The normalized spacial score (nSPS) is 11.0. The fourth-order valence-corrected chi connectivity index (χ4v) is 3.88. The van der Waals surface area contributed by atoms with Crippen LogP contribution in [0, 0.1) is 6.92 Å². The molecule has 4 nitrogen and oxygen atoms in total. The summed E-state index contributed by atoms with van der Waals surface area (Å²) in [4.78, 5) is 20.8. The van der Waals surface area contributed by atoms with Gasteiger partial charge in [0, 0.05) is 22.5 Å². The molecule has 0 fully saturated rings. The highest BCUT2D eigenvalue weighted by atomic mass is 32.1. The van der Waals surface area contributed by atoms with Gasteiger partial charge in [-0.1, -0.05) is 73.2 Å². The molecular formula is C22H25N3OS. The van der Waals surface area contributed by atoms with Crippen LogP contribution >= 0.6 is 11.3 Å². The summed E-state index contributed by atoms with van der Waals surface area (Å²) in [6.07, 6.45) is 0. The SMILES string of the molecule is CCN(CC)Cc1sc(NC(=O)c2ccccc2)nc1-c1ccc(C)cc1. The lowest BCUT2D eigenvalue weighted by Gasteiger charge is -2.17. The van der Waals surface area contributed by atoms with Crippen molar-refractivity contribution in [2.45, 2.75) is 27.3 Å². The molecule has 1 aromatic heterocycles. The second kappa shape index (κ2) is 8.93. The van der Waals surface area contributed by atoms with Crippen molar-refractivity contribution in [2.24, 2.45) is 0 Å². The lowest BCUT2D eigenvalue weighted by molar-refractivity contribution is 0.102. The Morgan fingerprint density at radius 3 is 2.33 bits per heavy atom. The average Bonchev–Trinajstić information content (AvgIpc) is 3.09. The van der Waals surface area contributed by atoms with Crippen LogP contribution in [0.5, 0.6) is 0 Å². The van der Waals surface area contributed by atoms with Gasteiger partial charge in [-0.3, -0.25) is 15.0 Å². The summed E-state index contributed by atoms with van der Waals surface area (Å²) in [5.74, 6) is -0.130. The highest BCUT2D eigenvalue weighted by Gasteiger charge is 2.17. The minimum absolute atomic E-state index is 0.130. The number of hydrogen-bond acceptors (Lipinski definition) is 4. The van der Waals surface area contributed by atoms with Crippen LogP contribution in [0.2, 0.25) is 0 Å². The van der Waals surface area contributed by atoms with E-state index >= 15 is 0 Å². The lowest BCUT2D eigenvalue weighted by atomic mass is 10.1. The first-order valence-corrected chi connectivity index (χ1v) is 10.1. The molecule has 0 saturated carbocycles. The average molecular weight is 380 g/mol. The molecule has 0 unspecified atom stereocenters. The Hall–Kier alpha value is -2.50. The van der Waals surface area contributed by atoms with Gasteiger partial charge in [0.1, 0.15) is 0 Å². The number of nitrogens with one attached hydrogen (secondary N) is 1. The second-order valence-electron chi connectivity index (χ2n) is 6.44. The minimum atomic E-state index is -0.130. The van der Waals surface area contributed by atoms with Gasteiger partial charge in [0.2, 0.25) is 0 Å². The smallest absolute Gasteiger partial charge is 0.257 e. The van der Waals surface area contributed by atoms with E-state index in [0.29, 0.717) is 10.7 Å². The van der Waals surface area contributed by atoms with Crippen molar-refractivity contribution < 1.29 is 4.79 Å². The van der Waals surface area contributed by atoms with Gasteiger partial charge < -0.3 is 0 Å². The number of carbonyl (C=O) groups is 1. The zero-order valence-corrected chi connectivity index (χ0v) is 16.8. The summed E-state index contributed by atoms with van der Waals surface area (Å²) in [5, 5.41) is 3.60. The zero-order valence-electron chi connectivity index (χ0n) is 16.0. The molecule has 0 saturated heterocycles. The van der Waals surface area contributed by atoms with Crippen LogP contribution in [0.1, 0.15) is 34.6 Å². The summed E-state index contributed by atoms with van der Waals surface area (Å²) in [6.45, 7) is 9.19. The van der Waals surface area contributed by atoms with Crippen molar-refractivity contribution >= 4 is 22.4 Å². The molecule has 0 aliphatic rings. The molecule has 0 bridgehead atoms. The molecule has 0 aliphatic carbocycles. The first-order valence-electron chi connectivity index (χ1n) is 9.26. The fourth-order valence-electron chi connectivity index (χ4n) is 2.86. The van der Waals surface area contributed by atoms with E-state index in [0.717, 1.165) is 30.9 Å². The number of rotatable bonds is 7. The summed E-state index contributed by atoms with van der Waals surface area (Å²) >= 11 is 1.56. The van der Waals surface area contributed by atoms with Crippen molar-refractivity contribution in [2.75, 3.05) is 18.4 Å². The number of benzene rings is 2. The molecule has 3 rings (SSSR count). The number of nitrogens with zero attached hydrogens (tertiary/aromatic N) is 2. The van der Waals surface area contributed by atoms with E-state index in [2.05, 4.69) is 55.3 Å². The monoisotopic (exact) mass is 379 g/mol. The standard InChI is InChI=1S/C22H25N3OS/c1-4-25(5-2)15-19-20(17-13-11-16(3)12-14-17)23-22(27-19)24-21(26)18-9-7-6-8-10-18/h6-14H,4-5,15H2,1-3H3,(H,23,24,26). The maximum Gasteiger partial charge on any atom is 0.257 e. The lowest BCUT2D eigenvalue weighted by Crippen LogP contribution is -2.21. The van der Waals surface area contributed by atoms with Gasteiger partial charge in [-0.15, -0.1) is 0 Å². The van der Waals surface area contributed by atoms with Crippen molar-refractivity contribution in [3.05, 3.63) is 70.6 Å². The molecule has 2 aromatic carbocycles. The van der Waals surface area contributed by atoms with Gasteiger partial charge in [-0.2, -0.15) is 0 Å². The Labute approximate surface area is 164 Å². The third kappa shape index (κ3) is 4.81.